The van der Waals surface area contributed by atoms with Gasteiger partial charge >= 0.3 is 6.03 Å². The Morgan fingerprint density at radius 3 is 2.00 bits per heavy atom. The number of hydrogen-bond donors (Lipinski definition) is 2. The summed E-state index contributed by atoms with van der Waals surface area (Å²) < 4.78 is 0. The van der Waals surface area contributed by atoms with Gasteiger partial charge in [0.1, 0.15) is 0 Å². The van der Waals surface area contributed by atoms with Crippen LogP contribution in [0, 0.1) is 0 Å². The lowest BCUT2D eigenvalue weighted by molar-refractivity contribution is -0.116. The zero-order chi connectivity index (χ0) is 23.3. The summed E-state index contributed by atoms with van der Waals surface area (Å²) in [6, 6.07) is 17.5. The van der Waals surface area contributed by atoms with Crippen molar-refractivity contribution in [3.05, 3.63) is 54.6 Å². The van der Waals surface area contributed by atoms with Gasteiger partial charge in [0.05, 0.1) is 0 Å². The molecule has 178 valence electrons. The Morgan fingerprint density at radius 2 is 1.33 bits per heavy atom. The van der Waals surface area contributed by atoms with Crippen LogP contribution in [0.5, 0.6) is 0 Å². The first kappa shape index (κ1) is 24.6. The fourth-order valence-electron chi connectivity index (χ4n) is 4.11. The molecule has 0 unspecified atom stereocenters. The molecule has 33 heavy (non-hydrogen) atoms. The molecule has 1 saturated heterocycles. The highest BCUT2D eigenvalue weighted by molar-refractivity contribution is 5.91. The highest BCUT2D eigenvalue weighted by atomic mass is 16.2. The molecule has 1 aliphatic heterocycles. The second kappa shape index (κ2) is 13.5. The highest BCUT2D eigenvalue weighted by Crippen LogP contribution is 2.20. The van der Waals surface area contributed by atoms with E-state index in [2.05, 4.69) is 22.5 Å². The number of para-hydroxylation sites is 1. The highest BCUT2D eigenvalue weighted by Gasteiger charge is 2.21. The molecular formula is C27H38N4O2. The second-order valence-corrected chi connectivity index (χ2v) is 8.74. The fraction of sp³-hybridized carbons (Fsp3) is 0.481. The van der Waals surface area contributed by atoms with E-state index in [4.69, 9.17) is 0 Å². The summed E-state index contributed by atoms with van der Waals surface area (Å²) in [6.45, 7) is 5.15. The Hall–Kier alpha value is -3.02. The fourth-order valence-corrected chi connectivity index (χ4v) is 4.11. The van der Waals surface area contributed by atoms with Crippen molar-refractivity contribution in [1.82, 2.24) is 4.90 Å². The van der Waals surface area contributed by atoms with Crippen LogP contribution >= 0.6 is 0 Å². The van der Waals surface area contributed by atoms with E-state index in [-0.39, 0.29) is 11.9 Å². The van der Waals surface area contributed by atoms with Crippen molar-refractivity contribution in [2.75, 3.05) is 41.7 Å². The molecule has 0 bridgehead atoms. The summed E-state index contributed by atoms with van der Waals surface area (Å²) >= 11 is 0. The quantitative estimate of drug-likeness (QED) is 0.405. The first-order chi connectivity index (χ1) is 16.2. The normalized spacial score (nSPS) is 13.6. The van der Waals surface area contributed by atoms with Crippen LogP contribution in [-0.2, 0) is 4.79 Å². The maximum Gasteiger partial charge on any atom is 0.321 e. The van der Waals surface area contributed by atoms with E-state index in [0.717, 1.165) is 43.0 Å². The predicted octanol–water partition coefficient (Wildman–Crippen LogP) is 6.12. The second-order valence-electron chi connectivity index (χ2n) is 8.74. The molecular weight excluding hydrogens is 412 g/mol. The predicted molar refractivity (Wildman–Crippen MR) is 137 cm³/mol. The van der Waals surface area contributed by atoms with E-state index in [1.807, 2.05) is 59.5 Å². The van der Waals surface area contributed by atoms with Gasteiger partial charge in [0, 0.05) is 49.7 Å². The maximum absolute atomic E-state index is 12.5. The average Bonchev–Trinajstić information content (AvgIpc) is 2.85. The van der Waals surface area contributed by atoms with E-state index in [9.17, 15) is 9.59 Å². The van der Waals surface area contributed by atoms with E-state index < -0.39 is 0 Å². The van der Waals surface area contributed by atoms with Crippen molar-refractivity contribution in [2.45, 2.75) is 58.3 Å². The van der Waals surface area contributed by atoms with Gasteiger partial charge in [0.15, 0.2) is 0 Å². The van der Waals surface area contributed by atoms with Gasteiger partial charge < -0.3 is 20.4 Å². The Morgan fingerprint density at radius 1 is 0.727 bits per heavy atom. The van der Waals surface area contributed by atoms with Crippen molar-refractivity contribution in [1.29, 1.82) is 0 Å². The van der Waals surface area contributed by atoms with Crippen LogP contribution < -0.4 is 15.5 Å². The average molecular weight is 451 g/mol. The summed E-state index contributed by atoms with van der Waals surface area (Å²) in [7, 11) is 0. The van der Waals surface area contributed by atoms with Crippen LogP contribution in [0.1, 0.15) is 58.3 Å². The van der Waals surface area contributed by atoms with E-state index >= 15 is 0 Å². The topological polar surface area (TPSA) is 64.7 Å². The standard InChI is InChI=1S/C27H38N4O2/c1-2-3-4-5-6-7-11-14-26(32)28-24-15-17-25(18-16-24)30-19-21-31(22-20-30)27(33)29-23-12-9-8-10-13-23/h8-10,12-13,15-18H,2-7,11,14,19-22H2,1H3,(H,28,32)(H,29,33). The van der Waals surface area contributed by atoms with E-state index in [0.29, 0.717) is 19.5 Å². The third-order valence-electron chi connectivity index (χ3n) is 6.12. The zero-order valence-corrected chi connectivity index (χ0v) is 19.9. The molecule has 0 radical (unpaired) electrons. The van der Waals surface area contributed by atoms with Gasteiger partial charge in [-0.15, -0.1) is 0 Å². The lowest BCUT2D eigenvalue weighted by Gasteiger charge is -2.36. The Bertz CT molecular complexity index is 846. The largest absolute Gasteiger partial charge is 0.368 e. The third-order valence-corrected chi connectivity index (χ3v) is 6.12. The number of nitrogens with zero attached hydrogens (tertiary/aromatic N) is 2. The van der Waals surface area contributed by atoms with Crippen LogP contribution in [-0.4, -0.2) is 43.0 Å². The van der Waals surface area contributed by atoms with E-state index in [1.165, 1.54) is 32.1 Å². The summed E-state index contributed by atoms with van der Waals surface area (Å²) in [6.07, 6.45) is 9.07. The van der Waals surface area contributed by atoms with Gasteiger partial charge in [-0.25, -0.2) is 4.79 Å². The molecule has 6 heteroatoms. The Labute approximate surface area is 198 Å². The number of hydrogen-bond acceptors (Lipinski definition) is 3. The minimum atomic E-state index is -0.0557. The van der Waals surface area contributed by atoms with Gasteiger partial charge in [0.2, 0.25) is 5.91 Å². The molecule has 3 amide bonds. The molecule has 2 N–H and O–H groups in total. The molecule has 0 aromatic heterocycles. The molecule has 6 nitrogen and oxygen atoms in total. The summed E-state index contributed by atoms with van der Waals surface area (Å²) in [5.74, 6) is 0.0920. The molecule has 0 atom stereocenters. The minimum absolute atomic E-state index is 0.0557. The number of anilines is 3. The molecule has 0 spiro atoms. The summed E-state index contributed by atoms with van der Waals surface area (Å²) in [5.41, 5.74) is 2.77. The van der Waals surface area contributed by atoms with Gasteiger partial charge in [-0.3, -0.25) is 4.79 Å². The SMILES string of the molecule is CCCCCCCCCC(=O)Nc1ccc(N2CCN(C(=O)Nc3ccccc3)CC2)cc1. The Balaban J connectivity index is 1.35. The Kier molecular flexibility index (Phi) is 10.1. The van der Waals surface area contributed by atoms with Crippen molar-refractivity contribution in [3.8, 4) is 0 Å². The number of piperazine rings is 1. The minimum Gasteiger partial charge on any atom is -0.368 e. The summed E-state index contributed by atoms with van der Waals surface area (Å²) in [4.78, 5) is 28.8. The van der Waals surface area contributed by atoms with Crippen LogP contribution in [0.3, 0.4) is 0 Å². The molecule has 2 aromatic rings. The zero-order valence-electron chi connectivity index (χ0n) is 19.9. The molecule has 0 aliphatic carbocycles. The number of nitrogens with one attached hydrogen (secondary N) is 2. The monoisotopic (exact) mass is 450 g/mol. The number of rotatable bonds is 11. The molecule has 2 aromatic carbocycles. The van der Waals surface area contributed by atoms with Gasteiger partial charge in [0.25, 0.3) is 0 Å². The van der Waals surface area contributed by atoms with Gasteiger partial charge in [-0.05, 0) is 42.8 Å². The van der Waals surface area contributed by atoms with Gasteiger partial charge in [-0.1, -0.05) is 63.6 Å². The molecule has 1 heterocycles. The summed E-state index contributed by atoms with van der Waals surface area (Å²) in [5, 5.41) is 5.96. The van der Waals surface area contributed by atoms with Crippen LogP contribution in [0.4, 0.5) is 21.9 Å². The van der Waals surface area contributed by atoms with Crippen LogP contribution in [0.15, 0.2) is 54.6 Å². The van der Waals surface area contributed by atoms with Crippen molar-refractivity contribution in [2.24, 2.45) is 0 Å². The number of benzene rings is 2. The molecule has 3 rings (SSSR count). The number of carbonyl (C=O) groups excluding carboxylic acids is 2. The van der Waals surface area contributed by atoms with Crippen molar-refractivity contribution >= 4 is 29.0 Å². The number of urea groups is 1. The number of unbranched alkanes of at least 4 members (excludes halogenated alkanes) is 6. The number of amides is 3. The lowest BCUT2D eigenvalue weighted by Crippen LogP contribution is -2.50. The lowest BCUT2D eigenvalue weighted by atomic mass is 10.1. The third kappa shape index (κ3) is 8.44. The van der Waals surface area contributed by atoms with Crippen molar-refractivity contribution < 1.29 is 9.59 Å². The van der Waals surface area contributed by atoms with Gasteiger partial charge in [-0.2, -0.15) is 0 Å². The van der Waals surface area contributed by atoms with Crippen LogP contribution in [0.25, 0.3) is 0 Å². The molecule has 0 saturated carbocycles. The van der Waals surface area contributed by atoms with Crippen molar-refractivity contribution in [3.63, 3.8) is 0 Å². The maximum atomic E-state index is 12.5. The smallest absolute Gasteiger partial charge is 0.321 e. The van der Waals surface area contributed by atoms with Crippen LogP contribution in [0.2, 0.25) is 0 Å². The molecule has 1 aliphatic rings. The first-order valence-corrected chi connectivity index (χ1v) is 12.4. The van der Waals surface area contributed by atoms with E-state index in [1.54, 1.807) is 0 Å². The number of carbonyl (C=O) groups is 2. The molecule has 1 fully saturated rings. The first-order valence-electron chi connectivity index (χ1n) is 12.4.